The van der Waals surface area contributed by atoms with E-state index >= 15 is 0 Å². The fourth-order valence-corrected chi connectivity index (χ4v) is 4.11. The summed E-state index contributed by atoms with van der Waals surface area (Å²) in [5, 5.41) is 9.58. The summed E-state index contributed by atoms with van der Waals surface area (Å²) in [5.41, 5.74) is 1.58. The van der Waals surface area contributed by atoms with Crippen molar-refractivity contribution in [2.75, 3.05) is 23.0 Å². The first kappa shape index (κ1) is 13.6. The molecule has 0 spiro atoms. The summed E-state index contributed by atoms with van der Waals surface area (Å²) in [6.07, 6.45) is 0. The van der Waals surface area contributed by atoms with E-state index in [0.717, 1.165) is 11.3 Å². The fourth-order valence-electron chi connectivity index (χ4n) is 2.24. The van der Waals surface area contributed by atoms with Crippen LogP contribution in [0.3, 0.4) is 0 Å². The molecule has 0 aliphatic carbocycles. The summed E-state index contributed by atoms with van der Waals surface area (Å²) in [6, 6.07) is 5.27. The van der Waals surface area contributed by atoms with Crippen molar-refractivity contribution in [3.63, 3.8) is 0 Å². The number of hydrogen-bond donors (Lipinski definition) is 1. The number of aliphatic hydroxyl groups is 1. The first-order valence-corrected chi connectivity index (χ1v) is 7.99. The summed E-state index contributed by atoms with van der Waals surface area (Å²) in [7, 11) is -2.92. The van der Waals surface area contributed by atoms with Gasteiger partial charge in [-0.15, -0.1) is 0 Å². The van der Waals surface area contributed by atoms with Gasteiger partial charge in [-0.3, -0.25) is 0 Å². The lowest BCUT2D eigenvalue weighted by Gasteiger charge is -2.35. The average Bonchev–Trinajstić information content (AvgIpc) is 2.29. The van der Waals surface area contributed by atoms with Crippen molar-refractivity contribution >= 4 is 27.1 Å². The summed E-state index contributed by atoms with van der Waals surface area (Å²) in [6.45, 7) is 2.29. The molecule has 6 heteroatoms. The number of benzene rings is 1. The molecule has 1 aliphatic rings. The van der Waals surface area contributed by atoms with Crippen LogP contribution in [-0.4, -0.2) is 37.6 Å². The monoisotopic (exact) mass is 289 g/mol. The highest BCUT2D eigenvalue weighted by molar-refractivity contribution is 7.91. The number of hydrogen-bond acceptors (Lipinski definition) is 4. The molecule has 1 heterocycles. The van der Waals surface area contributed by atoms with Crippen LogP contribution in [0.2, 0.25) is 5.02 Å². The Morgan fingerprint density at radius 3 is 2.78 bits per heavy atom. The number of aliphatic hydroxyl groups excluding tert-OH is 1. The molecular weight excluding hydrogens is 274 g/mol. The van der Waals surface area contributed by atoms with E-state index in [4.69, 9.17) is 16.7 Å². The van der Waals surface area contributed by atoms with Crippen molar-refractivity contribution in [3.05, 3.63) is 28.8 Å². The molecule has 0 amide bonds. The minimum atomic E-state index is -2.92. The highest BCUT2D eigenvalue weighted by Gasteiger charge is 2.29. The van der Waals surface area contributed by atoms with Gasteiger partial charge in [0.15, 0.2) is 9.84 Å². The number of anilines is 1. The van der Waals surface area contributed by atoms with E-state index in [1.165, 1.54) is 0 Å². The zero-order valence-corrected chi connectivity index (χ0v) is 11.7. The third-order valence-electron chi connectivity index (χ3n) is 3.17. The molecule has 4 nitrogen and oxygen atoms in total. The largest absolute Gasteiger partial charge is 0.392 e. The first-order chi connectivity index (χ1) is 8.43. The van der Waals surface area contributed by atoms with Crippen molar-refractivity contribution in [2.45, 2.75) is 19.6 Å². The Hall–Kier alpha value is -0.780. The average molecular weight is 290 g/mol. The lowest BCUT2D eigenvalue weighted by molar-refractivity contribution is 0.282. The van der Waals surface area contributed by atoms with Crippen LogP contribution in [0, 0.1) is 0 Å². The Kier molecular flexibility index (Phi) is 3.84. The van der Waals surface area contributed by atoms with Crippen LogP contribution >= 0.6 is 11.6 Å². The maximum atomic E-state index is 11.5. The molecule has 2 rings (SSSR count). The Morgan fingerprint density at radius 1 is 1.50 bits per heavy atom. The summed E-state index contributed by atoms with van der Waals surface area (Å²) in [4.78, 5) is 2.00. The molecule has 0 aromatic heterocycles. The summed E-state index contributed by atoms with van der Waals surface area (Å²) >= 11 is 6.18. The molecule has 18 heavy (non-hydrogen) atoms. The zero-order valence-electron chi connectivity index (χ0n) is 10.1. The molecule has 1 saturated heterocycles. The van der Waals surface area contributed by atoms with Crippen LogP contribution in [0.5, 0.6) is 0 Å². The van der Waals surface area contributed by atoms with E-state index in [1.54, 1.807) is 12.1 Å². The van der Waals surface area contributed by atoms with Crippen LogP contribution in [0.25, 0.3) is 0 Å². The lowest BCUT2D eigenvalue weighted by Crippen LogP contribution is -2.47. The normalized spacial score (nSPS) is 23.1. The van der Waals surface area contributed by atoms with Gasteiger partial charge in [0.25, 0.3) is 0 Å². The molecule has 1 aromatic carbocycles. The fraction of sp³-hybridized carbons (Fsp3) is 0.500. The van der Waals surface area contributed by atoms with E-state index in [1.807, 2.05) is 17.9 Å². The molecule has 0 radical (unpaired) electrons. The third-order valence-corrected chi connectivity index (χ3v) is 5.27. The molecule has 1 unspecified atom stereocenters. The summed E-state index contributed by atoms with van der Waals surface area (Å²) in [5.74, 6) is 0.320. The topological polar surface area (TPSA) is 57.6 Å². The quantitative estimate of drug-likeness (QED) is 0.895. The highest BCUT2D eigenvalue weighted by atomic mass is 35.5. The molecule has 1 fully saturated rings. The maximum absolute atomic E-state index is 11.5. The Bertz CT molecular complexity index is 544. The minimum Gasteiger partial charge on any atom is -0.392 e. The van der Waals surface area contributed by atoms with E-state index in [-0.39, 0.29) is 24.2 Å². The molecule has 1 N–H and O–H groups in total. The molecular formula is C12H16ClNO3S. The number of sulfone groups is 1. The number of rotatable bonds is 2. The third kappa shape index (κ3) is 2.79. The molecule has 1 aromatic rings. The SMILES string of the molecule is CC1CS(=O)(=O)CCN1c1ccc(CO)cc1Cl. The van der Waals surface area contributed by atoms with Gasteiger partial charge < -0.3 is 10.0 Å². The van der Waals surface area contributed by atoms with Gasteiger partial charge in [-0.2, -0.15) is 0 Å². The van der Waals surface area contributed by atoms with Gasteiger partial charge in [0.1, 0.15) is 0 Å². The number of nitrogens with zero attached hydrogens (tertiary/aromatic N) is 1. The van der Waals surface area contributed by atoms with E-state index in [0.29, 0.717) is 11.6 Å². The van der Waals surface area contributed by atoms with Crippen LogP contribution in [-0.2, 0) is 16.4 Å². The Morgan fingerprint density at radius 2 is 2.22 bits per heavy atom. The van der Waals surface area contributed by atoms with Gasteiger partial charge in [-0.05, 0) is 24.6 Å². The standard InChI is InChI=1S/C12H16ClNO3S/c1-9-8-18(16,17)5-4-14(9)12-3-2-10(7-15)6-11(12)13/h2-3,6,9,15H,4-5,7-8H2,1H3. The molecule has 0 bridgehead atoms. The van der Waals surface area contributed by atoms with Crippen molar-refractivity contribution in [2.24, 2.45) is 0 Å². The van der Waals surface area contributed by atoms with Crippen molar-refractivity contribution in [1.29, 1.82) is 0 Å². The first-order valence-electron chi connectivity index (χ1n) is 5.79. The van der Waals surface area contributed by atoms with Crippen LogP contribution < -0.4 is 4.90 Å². The Labute approximate surface area is 112 Å². The summed E-state index contributed by atoms with van der Waals surface area (Å²) < 4.78 is 23.1. The van der Waals surface area contributed by atoms with Gasteiger partial charge in [0, 0.05) is 12.6 Å². The van der Waals surface area contributed by atoms with Gasteiger partial charge in [0.2, 0.25) is 0 Å². The van der Waals surface area contributed by atoms with Gasteiger partial charge >= 0.3 is 0 Å². The van der Waals surface area contributed by atoms with Gasteiger partial charge in [0.05, 0.1) is 28.8 Å². The predicted octanol–water partition coefficient (Wildman–Crippen LogP) is 1.46. The molecule has 0 saturated carbocycles. The van der Waals surface area contributed by atoms with Crippen LogP contribution in [0.1, 0.15) is 12.5 Å². The molecule has 1 atom stereocenters. The van der Waals surface area contributed by atoms with E-state index < -0.39 is 9.84 Å². The maximum Gasteiger partial charge on any atom is 0.154 e. The van der Waals surface area contributed by atoms with Crippen molar-refractivity contribution in [1.82, 2.24) is 0 Å². The number of halogens is 1. The lowest BCUT2D eigenvalue weighted by atomic mass is 10.1. The highest BCUT2D eigenvalue weighted by Crippen LogP contribution is 2.30. The van der Waals surface area contributed by atoms with E-state index in [9.17, 15) is 8.42 Å². The minimum absolute atomic E-state index is 0.0517. The van der Waals surface area contributed by atoms with Crippen molar-refractivity contribution in [3.8, 4) is 0 Å². The van der Waals surface area contributed by atoms with Crippen molar-refractivity contribution < 1.29 is 13.5 Å². The molecule has 100 valence electrons. The van der Waals surface area contributed by atoms with Crippen LogP contribution in [0.4, 0.5) is 5.69 Å². The smallest absolute Gasteiger partial charge is 0.154 e. The van der Waals surface area contributed by atoms with Gasteiger partial charge in [-0.25, -0.2) is 8.42 Å². The second kappa shape index (κ2) is 5.07. The van der Waals surface area contributed by atoms with Gasteiger partial charge in [-0.1, -0.05) is 17.7 Å². The second-order valence-electron chi connectivity index (χ2n) is 4.60. The predicted molar refractivity (Wildman–Crippen MR) is 72.8 cm³/mol. The Balaban J connectivity index is 2.27. The van der Waals surface area contributed by atoms with Crippen LogP contribution in [0.15, 0.2) is 18.2 Å². The zero-order chi connectivity index (χ0) is 13.3. The van der Waals surface area contributed by atoms with E-state index in [2.05, 4.69) is 0 Å². The molecule has 1 aliphatic heterocycles. The second-order valence-corrected chi connectivity index (χ2v) is 7.24.